The molecule has 1 saturated heterocycles. The van der Waals surface area contributed by atoms with Crippen LogP contribution in [-0.4, -0.2) is 43.5 Å². The first-order valence-corrected chi connectivity index (χ1v) is 8.96. The minimum atomic E-state index is 0.552. The first-order chi connectivity index (χ1) is 11.3. The molecule has 3 rings (SSSR count). The van der Waals surface area contributed by atoms with Gasteiger partial charge in [0, 0.05) is 50.0 Å². The van der Waals surface area contributed by atoms with E-state index in [2.05, 4.69) is 36.9 Å². The Hall–Kier alpha value is -1.11. The summed E-state index contributed by atoms with van der Waals surface area (Å²) in [4.78, 5) is 4.40. The number of aryl methyl sites for hydroxylation is 1. The number of fused-ring (bicyclic) bond motifs is 1. The molecule has 1 unspecified atom stereocenters. The van der Waals surface area contributed by atoms with Gasteiger partial charge in [0.05, 0.1) is 12.6 Å². The quantitative estimate of drug-likeness (QED) is 0.779. The highest BCUT2D eigenvalue weighted by Gasteiger charge is 2.22. The van der Waals surface area contributed by atoms with E-state index < -0.39 is 0 Å². The van der Waals surface area contributed by atoms with Crippen molar-refractivity contribution in [1.82, 2.24) is 14.9 Å². The third-order valence-electron chi connectivity index (χ3n) is 4.51. The molecule has 6 heteroatoms. The standard InChI is InChI=1S/C17H24BrN3O2/c1-22-8-4-7-21-14(12-5-3-6-19-10-12)9-13-11-20-17(23-2)15(18)16(13)21/h9,11-12,19H,3-8,10H2,1-2H3. The van der Waals surface area contributed by atoms with Gasteiger partial charge in [-0.25, -0.2) is 4.98 Å². The molecule has 0 aromatic carbocycles. The van der Waals surface area contributed by atoms with E-state index in [0.717, 1.165) is 42.5 Å². The van der Waals surface area contributed by atoms with Crippen LogP contribution in [0, 0.1) is 0 Å². The molecule has 23 heavy (non-hydrogen) atoms. The van der Waals surface area contributed by atoms with Crippen LogP contribution in [0.2, 0.25) is 0 Å². The molecule has 0 amide bonds. The number of halogens is 1. The minimum absolute atomic E-state index is 0.552. The second kappa shape index (κ2) is 7.64. The van der Waals surface area contributed by atoms with Gasteiger partial charge in [-0.05, 0) is 47.8 Å². The summed E-state index contributed by atoms with van der Waals surface area (Å²) in [5.74, 6) is 1.19. The van der Waals surface area contributed by atoms with E-state index in [1.807, 2.05) is 6.20 Å². The maximum atomic E-state index is 5.38. The third-order valence-corrected chi connectivity index (χ3v) is 5.23. The number of hydrogen-bond donors (Lipinski definition) is 1. The predicted molar refractivity (Wildman–Crippen MR) is 95.3 cm³/mol. The van der Waals surface area contributed by atoms with E-state index in [1.165, 1.54) is 24.1 Å². The van der Waals surface area contributed by atoms with Crippen LogP contribution in [-0.2, 0) is 11.3 Å². The molecular weight excluding hydrogens is 358 g/mol. The van der Waals surface area contributed by atoms with Crippen molar-refractivity contribution in [3.8, 4) is 5.88 Å². The van der Waals surface area contributed by atoms with Crippen LogP contribution in [0.25, 0.3) is 10.9 Å². The Balaban J connectivity index is 2.06. The summed E-state index contributed by atoms with van der Waals surface area (Å²) in [6, 6.07) is 2.29. The summed E-state index contributed by atoms with van der Waals surface area (Å²) >= 11 is 3.68. The number of pyridine rings is 1. The Morgan fingerprint density at radius 1 is 1.43 bits per heavy atom. The fourth-order valence-corrected chi connectivity index (χ4v) is 4.12. The second-order valence-electron chi connectivity index (χ2n) is 6.00. The SMILES string of the molecule is COCCCn1c(C2CCCNC2)cc2cnc(OC)c(Br)c21. The van der Waals surface area contributed by atoms with Crippen molar-refractivity contribution in [1.29, 1.82) is 0 Å². The first kappa shape index (κ1) is 16.7. The summed E-state index contributed by atoms with van der Waals surface area (Å²) < 4.78 is 14.0. The van der Waals surface area contributed by atoms with Crippen molar-refractivity contribution in [3.63, 3.8) is 0 Å². The number of nitrogens with zero attached hydrogens (tertiary/aromatic N) is 2. The fourth-order valence-electron chi connectivity index (χ4n) is 3.41. The highest BCUT2D eigenvalue weighted by atomic mass is 79.9. The molecular formula is C17H24BrN3O2. The monoisotopic (exact) mass is 381 g/mol. The lowest BCUT2D eigenvalue weighted by Gasteiger charge is -2.25. The Bertz CT molecular complexity index is 665. The summed E-state index contributed by atoms with van der Waals surface area (Å²) in [7, 11) is 3.41. The van der Waals surface area contributed by atoms with Crippen molar-refractivity contribution < 1.29 is 9.47 Å². The van der Waals surface area contributed by atoms with E-state index in [4.69, 9.17) is 9.47 Å². The van der Waals surface area contributed by atoms with E-state index >= 15 is 0 Å². The Morgan fingerprint density at radius 2 is 2.30 bits per heavy atom. The van der Waals surface area contributed by atoms with Gasteiger partial charge in [-0.3, -0.25) is 0 Å². The second-order valence-corrected chi connectivity index (χ2v) is 6.79. The summed E-state index contributed by atoms with van der Waals surface area (Å²) in [5, 5.41) is 4.68. The van der Waals surface area contributed by atoms with Gasteiger partial charge >= 0.3 is 0 Å². The first-order valence-electron chi connectivity index (χ1n) is 8.17. The van der Waals surface area contributed by atoms with Crippen LogP contribution in [0.5, 0.6) is 5.88 Å². The summed E-state index contributed by atoms with van der Waals surface area (Å²) in [6.07, 6.45) is 5.36. The Morgan fingerprint density at radius 3 is 3.00 bits per heavy atom. The highest BCUT2D eigenvalue weighted by molar-refractivity contribution is 9.10. The zero-order chi connectivity index (χ0) is 16.2. The van der Waals surface area contributed by atoms with Crippen molar-refractivity contribution in [2.45, 2.75) is 31.7 Å². The molecule has 0 aliphatic carbocycles. The number of piperidine rings is 1. The maximum absolute atomic E-state index is 5.38. The fraction of sp³-hybridized carbons (Fsp3) is 0.588. The Kier molecular flexibility index (Phi) is 5.56. The van der Waals surface area contributed by atoms with Gasteiger partial charge in [0.15, 0.2) is 0 Å². The van der Waals surface area contributed by atoms with E-state index in [1.54, 1.807) is 14.2 Å². The molecule has 126 valence electrons. The van der Waals surface area contributed by atoms with Gasteiger partial charge < -0.3 is 19.4 Å². The highest BCUT2D eigenvalue weighted by Crippen LogP contribution is 2.36. The number of nitrogens with one attached hydrogen (secondary N) is 1. The van der Waals surface area contributed by atoms with Crippen LogP contribution < -0.4 is 10.1 Å². The topological polar surface area (TPSA) is 48.3 Å². The molecule has 1 aliphatic heterocycles. The lowest BCUT2D eigenvalue weighted by atomic mass is 9.96. The lowest BCUT2D eigenvalue weighted by molar-refractivity contribution is 0.190. The molecule has 1 fully saturated rings. The van der Waals surface area contributed by atoms with Crippen molar-refractivity contribution in [2.24, 2.45) is 0 Å². The zero-order valence-electron chi connectivity index (χ0n) is 13.8. The number of aromatic nitrogens is 2. The molecule has 2 aromatic rings. The molecule has 1 atom stereocenters. The number of hydrogen-bond acceptors (Lipinski definition) is 4. The smallest absolute Gasteiger partial charge is 0.229 e. The number of ether oxygens (including phenoxy) is 2. The zero-order valence-corrected chi connectivity index (χ0v) is 15.4. The van der Waals surface area contributed by atoms with Gasteiger partial charge in [0.2, 0.25) is 5.88 Å². The molecule has 0 spiro atoms. The van der Waals surface area contributed by atoms with Crippen molar-refractivity contribution >= 4 is 26.8 Å². The number of rotatable bonds is 6. The van der Waals surface area contributed by atoms with Crippen LogP contribution >= 0.6 is 15.9 Å². The average Bonchev–Trinajstić information content (AvgIpc) is 2.96. The Labute approximate surface area is 145 Å². The molecule has 0 radical (unpaired) electrons. The lowest BCUT2D eigenvalue weighted by Crippen LogP contribution is -2.29. The van der Waals surface area contributed by atoms with E-state index in [0.29, 0.717) is 11.8 Å². The summed E-state index contributed by atoms with van der Waals surface area (Å²) in [6.45, 7) is 3.87. The van der Waals surface area contributed by atoms with Crippen molar-refractivity contribution in [3.05, 3.63) is 22.4 Å². The van der Waals surface area contributed by atoms with Gasteiger partial charge in [0.1, 0.15) is 4.47 Å². The van der Waals surface area contributed by atoms with Gasteiger partial charge in [-0.15, -0.1) is 0 Å². The molecule has 0 saturated carbocycles. The molecule has 0 bridgehead atoms. The minimum Gasteiger partial charge on any atom is -0.480 e. The predicted octanol–water partition coefficient (Wildman–Crippen LogP) is 3.31. The normalized spacial score (nSPS) is 18.5. The summed E-state index contributed by atoms with van der Waals surface area (Å²) in [5.41, 5.74) is 2.56. The molecule has 3 heterocycles. The van der Waals surface area contributed by atoms with Crippen LogP contribution in [0.1, 0.15) is 30.9 Å². The molecule has 2 aromatic heterocycles. The van der Waals surface area contributed by atoms with Crippen LogP contribution in [0.4, 0.5) is 0 Å². The van der Waals surface area contributed by atoms with Crippen LogP contribution in [0.3, 0.4) is 0 Å². The van der Waals surface area contributed by atoms with E-state index in [9.17, 15) is 0 Å². The maximum Gasteiger partial charge on any atom is 0.229 e. The van der Waals surface area contributed by atoms with E-state index in [-0.39, 0.29) is 0 Å². The molecule has 1 aliphatic rings. The average molecular weight is 382 g/mol. The van der Waals surface area contributed by atoms with Gasteiger partial charge in [0.25, 0.3) is 0 Å². The van der Waals surface area contributed by atoms with Crippen LogP contribution in [0.15, 0.2) is 16.7 Å². The molecule has 5 nitrogen and oxygen atoms in total. The largest absolute Gasteiger partial charge is 0.480 e. The number of methoxy groups -OCH3 is 2. The van der Waals surface area contributed by atoms with Gasteiger partial charge in [-0.2, -0.15) is 0 Å². The third kappa shape index (κ3) is 3.39. The molecule has 1 N–H and O–H groups in total. The van der Waals surface area contributed by atoms with Crippen molar-refractivity contribution in [2.75, 3.05) is 33.9 Å². The van der Waals surface area contributed by atoms with Gasteiger partial charge in [-0.1, -0.05) is 0 Å².